The van der Waals surface area contributed by atoms with Gasteiger partial charge in [-0.15, -0.1) is 0 Å². The molecule has 0 amide bonds. The zero-order chi connectivity index (χ0) is 21.7. The third-order valence-electron chi connectivity index (χ3n) is 6.19. The molecule has 0 spiro atoms. The summed E-state index contributed by atoms with van der Waals surface area (Å²) in [7, 11) is -3.94. The van der Waals surface area contributed by atoms with Gasteiger partial charge < -0.3 is 9.52 Å². The number of benzene rings is 1. The maximum atomic E-state index is 12.8. The van der Waals surface area contributed by atoms with Gasteiger partial charge >= 0.3 is 0 Å². The van der Waals surface area contributed by atoms with Gasteiger partial charge in [0.25, 0.3) is 0 Å². The summed E-state index contributed by atoms with van der Waals surface area (Å²) in [6, 6.07) is 3.65. The molecule has 1 heterocycles. The van der Waals surface area contributed by atoms with Crippen LogP contribution in [0.3, 0.4) is 0 Å². The summed E-state index contributed by atoms with van der Waals surface area (Å²) in [5.41, 5.74) is 5.13. The second kappa shape index (κ2) is 7.36. The van der Waals surface area contributed by atoms with Gasteiger partial charge in [-0.2, -0.15) is 5.26 Å². The molecule has 158 valence electrons. The number of nitrogens with zero attached hydrogens (tertiary/aromatic N) is 1. The van der Waals surface area contributed by atoms with Crippen LogP contribution in [0.4, 0.5) is 0 Å². The lowest BCUT2D eigenvalue weighted by atomic mass is 9.87. The molecule has 0 saturated carbocycles. The van der Waals surface area contributed by atoms with Crippen molar-refractivity contribution < 1.29 is 22.7 Å². The van der Waals surface area contributed by atoms with Gasteiger partial charge in [0.1, 0.15) is 5.75 Å². The van der Waals surface area contributed by atoms with Gasteiger partial charge in [-0.05, 0) is 80.2 Å². The SMILES string of the molecule is CC(C)(O)c1coc(S(=O)(=O)CC(=O)Cc2c3c(c(C#N)c4c2CCC4)CCC3)c1. The van der Waals surface area contributed by atoms with E-state index in [1.54, 1.807) is 0 Å². The number of carbonyl (C=O) groups excluding carboxylic acids is 1. The molecule has 30 heavy (non-hydrogen) atoms. The summed E-state index contributed by atoms with van der Waals surface area (Å²) >= 11 is 0. The normalized spacial score (nSPS) is 15.7. The molecule has 0 radical (unpaired) electrons. The number of fused-ring (bicyclic) bond motifs is 2. The molecule has 6 nitrogen and oxygen atoms in total. The van der Waals surface area contributed by atoms with Crippen LogP contribution in [0.15, 0.2) is 21.8 Å². The second-order valence-electron chi connectivity index (χ2n) is 8.77. The zero-order valence-corrected chi connectivity index (χ0v) is 18.1. The Balaban J connectivity index is 1.61. The molecule has 2 aromatic rings. The molecule has 1 N–H and O–H groups in total. The minimum Gasteiger partial charge on any atom is -0.453 e. The van der Waals surface area contributed by atoms with E-state index >= 15 is 0 Å². The van der Waals surface area contributed by atoms with E-state index in [0.29, 0.717) is 5.56 Å². The van der Waals surface area contributed by atoms with Crippen LogP contribution in [-0.4, -0.2) is 25.1 Å². The Bertz CT molecular complexity index is 1140. The predicted octanol–water partition coefficient (Wildman–Crippen LogP) is 2.94. The monoisotopic (exact) mass is 427 g/mol. The van der Waals surface area contributed by atoms with E-state index in [9.17, 15) is 23.6 Å². The van der Waals surface area contributed by atoms with Crippen LogP contribution in [0.5, 0.6) is 0 Å². The number of nitriles is 1. The van der Waals surface area contributed by atoms with Crippen molar-refractivity contribution in [3.63, 3.8) is 0 Å². The minimum absolute atomic E-state index is 0.0642. The highest BCUT2D eigenvalue weighted by molar-refractivity contribution is 7.92. The Labute approximate surface area is 176 Å². The first-order chi connectivity index (χ1) is 14.1. The van der Waals surface area contributed by atoms with Gasteiger partial charge in [0.15, 0.2) is 5.78 Å². The summed E-state index contributed by atoms with van der Waals surface area (Å²) in [4.78, 5) is 12.8. The van der Waals surface area contributed by atoms with Crippen molar-refractivity contribution in [2.24, 2.45) is 0 Å². The van der Waals surface area contributed by atoms with Crippen LogP contribution in [0.2, 0.25) is 0 Å². The first-order valence-electron chi connectivity index (χ1n) is 10.3. The third-order valence-corrected chi connectivity index (χ3v) is 7.72. The smallest absolute Gasteiger partial charge is 0.218 e. The number of rotatable bonds is 6. The van der Waals surface area contributed by atoms with Gasteiger partial charge in [0.05, 0.1) is 23.5 Å². The van der Waals surface area contributed by atoms with E-state index in [1.165, 1.54) is 26.2 Å². The molecule has 2 aliphatic rings. The molecular weight excluding hydrogens is 402 g/mol. The summed E-state index contributed by atoms with van der Waals surface area (Å²) in [5.74, 6) is -1.03. The third kappa shape index (κ3) is 3.59. The molecule has 0 atom stereocenters. The van der Waals surface area contributed by atoms with Crippen LogP contribution in [-0.2, 0) is 52.3 Å². The summed E-state index contributed by atoms with van der Waals surface area (Å²) < 4.78 is 30.6. The molecule has 7 heteroatoms. The number of hydrogen-bond donors (Lipinski definition) is 1. The topological polar surface area (TPSA) is 108 Å². The molecule has 1 aromatic carbocycles. The highest BCUT2D eigenvalue weighted by atomic mass is 32.2. The van der Waals surface area contributed by atoms with Gasteiger partial charge in [0.2, 0.25) is 14.9 Å². The van der Waals surface area contributed by atoms with E-state index < -0.39 is 21.2 Å². The molecule has 0 saturated heterocycles. The quantitative estimate of drug-likeness (QED) is 0.759. The number of hydrogen-bond acceptors (Lipinski definition) is 6. The number of ketones is 1. The summed E-state index contributed by atoms with van der Waals surface area (Å²) in [5, 5.41) is 19.4. The summed E-state index contributed by atoms with van der Waals surface area (Å²) in [6.07, 6.45) is 6.54. The zero-order valence-electron chi connectivity index (χ0n) is 17.2. The fraction of sp³-hybridized carbons (Fsp3) is 0.478. The maximum Gasteiger partial charge on any atom is 0.218 e. The Morgan fingerprint density at radius 2 is 1.70 bits per heavy atom. The molecule has 0 aliphatic heterocycles. The minimum atomic E-state index is -3.94. The van der Waals surface area contributed by atoms with E-state index in [2.05, 4.69) is 6.07 Å². The van der Waals surface area contributed by atoms with Crippen molar-refractivity contribution >= 4 is 15.6 Å². The Morgan fingerprint density at radius 1 is 1.13 bits per heavy atom. The first-order valence-corrected chi connectivity index (χ1v) is 11.9. The van der Waals surface area contributed by atoms with Crippen LogP contribution >= 0.6 is 0 Å². The lowest BCUT2D eigenvalue weighted by molar-refractivity contribution is -0.116. The summed E-state index contributed by atoms with van der Waals surface area (Å²) in [6.45, 7) is 3.07. The van der Waals surface area contributed by atoms with Crippen molar-refractivity contribution in [2.45, 2.75) is 69.5 Å². The highest BCUT2D eigenvalue weighted by Crippen LogP contribution is 2.39. The van der Waals surface area contributed by atoms with Gasteiger partial charge in [-0.25, -0.2) is 8.42 Å². The number of furan rings is 1. The van der Waals surface area contributed by atoms with E-state index in [0.717, 1.165) is 71.9 Å². The van der Waals surface area contributed by atoms with Crippen molar-refractivity contribution in [3.8, 4) is 6.07 Å². The molecule has 0 bridgehead atoms. The van der Waals surface area contributed by atoms with E-state index in [-0.39, 0.29) is 17.3 Å². The largest absolute Gasteiger partial charge is 0.453 e. The van der Waals surface area contributed by atoms with Crippen LogP contribution in [0.25, 0.3) is 0 Å². The average Bonchev–Trinajstić information content (AvgIpc) is 3.40. The Hall–Kier alpha value is -2.43. The van der Waals surface area contributed by atoms with E-state index in [1.807, 2.05) is 0 Å². The van der Waals surface area contributed by atoms with Gasteiger partial charge in [0, 0.05) is 18.1 Å². The van der Waals surface area contributed by atoms with Crippen LogP contribution in [0.1, 0.15) is 65.6 Å². The fourth-order valence-electron chi connectivity index (χ4n) is 4.75. The first kappa shape index (κ1) is 20.8. The highest BCUT2D eigenvalue weighted by Gasteiger charge is 2.31. The molecule has 1 aromatic heterocycles. The van der Waals surface area contributed by atoms with Crippen molar-refractivity contribution in [3.05, 3.63) is 51.3 Å². The van der Waals surface area contributed by atoms with Crippen molar-refractivity contribution in [1.82, 2.24) is 0 Å². The molecular formula is C23H25NO5S. The number of Topliss-reactive ketones (excluding diaryl/α,β-unsaturated/α-hetero) is 1. The standard InChI is InChI=1S/C23H25NO5S/c1-23(2,26)14-9-22(29-12-14)30(27,28)13-15(25)10-20-16-5-3-7-18(16)21(11-24)19-8-4-6-17(19)20/h9,12,26H,3-8,10,13H2,1-2H3. The van der Waals surface area contributed by atoms with E-state index in [4.69, 9.17) is 4.42 Å². The molecule has 0 fully saturated rings. The van der Waals surface area contributed by atoms with Crippen LogP contribution in [0, 0.1) is 11.3 Å². The Kier molecular flexibility index (Phi) is 5.11. The molecule has 2 aliphatic carbocycles. The lowest BCUT2D eigenvalue weighted by Crippen LogP contribution is -2.20. The lowest BCUT2D eigenvalue weighted by Gasteiger charge is -2.16. The number of aliphatic hydroxyl groups is 1. The number of sulfone groups is 1. The average molecular weight is 428 g/mol. The molecule has 0 unspecified atom stereocenters. The Morgan fingerprint density at radius 3 is 2.20 bits per heavy atom. The van der Waals surface area contributed by atoms with Gasteiger partial charge in [-0.3, -0.25) is 4.79 Å². The van der Waals surface area contributed by atoms with Gasteiger partial charge in [-0.1, -0.05) is 0 Å². The maximum absolute atomic E-state index is 12.8. The second-order valence-corrected chi connectivity index (χ2v) is 10.7. The molecule has 4 rings (SSSR count). The van der Waals surface area contributed by atoms with Crippen LogP contribution < -0.4 is 0 Å². The predicted molar refractivity (Wildman–Crippen MR) is 110 cm³/mol. The van der Waals surface area contributed by atoms with Crippen molar-refractivity contribution in [1.29, 1.82) is 5.26 Å². The fourth-order valence-corrected chi connectivity index (χ4v) is 5.92. The number of carbonyl (C=O) groups is 1. The van der Waals surface area contributed by atoms with Crippen molar-refractivity contribution in [2.75, 3.05) is 5.75 Å².